The first-order valence-corrected chi connectivity index (χ1v) is 9.82. The molecule has 2 N–H and O–H groups in total. The van der Waals surface area contributed by atoms with Crippen molar-refractivity contribution in [2.75, 3.05) is 19.6 Å². The number of piperidine rings is 1. The van der Waals surface area contributed by atoms with Crippen molar-refractivity contribution >= 4 is 5.96 Å². The van der Waals surface area contributed by atoms with Crippen LogP contribution in [-0.4, -0.2) is 52.7 Å². The highest BCUT2D eigenvalue weighted by molar-refractivity contribution is 5.80. The van der Waals surface area contributed by atoms with E-state index < -0.39 is 0 Å². The lowest BCUT2D eigenvalue weighted by Gasteiger charge is -2.40. The first kappa shape index (κ1) is 18.2. The zero-order valence-electron chi connectivity index (χ0n) is 15.6. The minimum absolute atomic E-state index is 0.436. The van der Waals surface area contributed by atoms with E-state index in [1.807, 2.05) is 0 Å². The minimum Gasteiger partial charge on any atom is -0.357 e. The third kappa shape index (κ3) is 5.42. The Bertz CT molecular complexity index is 552. The SMILES string of the molecule is CCNC(=NCc1noc(C)n1)NC1CCCN(C2CCCCC2)C1. The van der Waals surface area contributed by atoms with Gasteiger partial charge in [0.05, 0.1) is 0 Å². The van der Waals surface area contributed by atoms with E-state index in [9.17, 15) is 0 Å². The monoisotopic (exact) mass is 348 g/mol. The number of rotatable bonds is 5. The molecule has 1 saturated heterocycles. The van der Waals surface area contributed by atoms with E-state index >= 15 is 0 Å². The average molecular weight is 348 g/mol. The van der Waals surface area contributed by atoms with Crippen molar-refractivity contribution in [3.63, 3.8) is 0 Å². The van der Waals surface area contributed by atoms with Crippen LogP contribution in [0.2, 0.25) is 0 Å². The number of aliphatic imine (C=N–C) groups is 1. The number of hydrogen-bond acceptors (Lipinski definition) is 5. The fraction of sp³-hybridized carbons (Fsp3) is 0.833. The summed E-state index contributed by atoms with van der Waals surface area (Å²) in [4.78, 5) is 11.5. The molecule has 25 heavy (non-hydrogen) atoms. The maximum absolute atomic E-state index is 5.01. The van der Waals surface area contributed by atoms with E-state index in [2.05, 4.69) is 37.6 Å². The number of nitrogens with one attached hydrogen (secondary N) is 2. The summed E-state index contributed by atoms with van der Waals surface area (Å²) >= 11 is 0. The first-order valence-electron chi connectivity index (χ1n) is 9.82. The van der Waals surface area contributed by atoms with Crippen LogP contribution in [0.3, 0.4) is 0 Å². The molecule has 2 heterocycles. The smallest absolute Gasteiger partial charge is 0.223 e. The van der Waals surface area contributed by atoms with Crippen LogP contribution in [0.25, 0.3) is 0 Å². The molecule has 0 amide bonds. The van der Waals surface area contributed by atoms with Crippen LogP contribution in [0.1, 0.15) is 63.6 Å². The lowest BCUT2D eigenvalue weighted by atomic mass is 9.92. The van der Waals surface area contributed by atoms with Gasteiger partial charge in [-0.2, -0.15) is 4.98 Å². The van der Waals surface area contributed by atoms with Crippen LogP contribution >= 0.6 is 0 Å². The molecule has 0 bridgehead atoms. The van der Waals surface area contributed by atoms with Gasteiger partial charge in [0.25, 0.3) is 0 Å². The molecule has 7 nitrogen and oxygen atoms in total. The van der Waals surface area contributed by atoms with Crippen LogP contribution in [0.15, 0.2) is 9.52 Å². The predicted octanol–water partition coefficient (Wildman–Crippen LogP) is 2.23. The van der Waals surface area contributed by atoms with Crippen molar-refractivity contribution in [3.05, 3.63) is 11.7 Å². The molecular weight excluding hydrogens is 316 g/mol. The molecular formula is C18H32N6O. The summed E-state index contributed by atoms with van der Waals surface area (Å²) in [5.74, 6) is 2.06. The number of aryl methyl sites for hydroxylation is 1. The Kier molecular flexibility index (Phi) is 6.67. The molecule has 3 rings (SSSR count). The Labute approximate surface area is 150 Å². The molecule has 0 spiro atoms. The molecule has 1 aromatic rings. The molecule has 2 fully saturated rings. The van der Waals surface area contributed by atoms with Crippen molar-refractivity contribution in [2.24, 2.45) is 4.99 Å². The highest BCUT2D eigenvalue weighted by Gasteiger charge is 2.27. The summed E-state index contributed by atoms with van der Waals surface area (Å²) in [5.41, 5.74) is 0. The highest BCUT2D eigenvalue weighted by Crippen LogP contribution is 2.25. The molecule has 0 aromatic carbocycles. The fourth-order valence-electron chi connectivity index (χ4n) is 3.97. The van der Waals surface area contributed by atoms with Gasteiger partial charge in [0.15, 0.2) is 11.8 Å². The van der Waals surface area contributed by atoms with E-state index in [1.54, 1.807) is 6.92 Å². The van der Waals surface area contributed by atoms with Crippen LogP contribution in [0.5, 0.6) is 0 Å². The summed E-state index contributed by atoms with van der Waals surface area (Å²) in [6.07, 6.45) is 9.42. The van der Waals surface area contributed by atoms with Gasteiger partial charge in [-0.05, 0) is 39.2 Å². The molecule has 7 heteroatoms. The summed E-state index contributed by atoms with van der Waals surface area (Å²) < 4.78 is 5.01. The number of guanidine groups is 1. The van der Waals surface area contributed by atoms with Crippen LogP contribution < -0.4 is 10.6 Å². The van der Waals surface area contributed by atoms with Crippen molar-refractivity contribution in [1.29, 1.82) is 0 Å². The van der Waals surface area contributed by atoms with Gasteiger partial charge in [0.2, 0.25) is 5.89 Å². The fourth-order valence-corrected chi connectivity index (χ4v) is 3.97. The number of hydrogen-bond donors (Lipinski definition) is 2. The van der Waals surface area contributed by atoms with Gasteiger partial charge in [0, 0.05) is 32.1 Å². The zero-order chi connectivity index (χ0) is 17.5. The molecule has 1 aliphatic carbocycles. The van der Waals surface area contributed by atoms with Gasteiger partial charge in [-0.25, -0.2) is 4.99 Å². The highest BCUT2D eigenvalue weighted by atomic mass is 16.5. The second-order valence-electron chi connectivity index (χ2n) is 7.20. The molecule has 1 saturated carbocycles. The van der Waals surface area contributed by atoms with Crippen molar-refractivity contribution in [3.8, 4) is 0 Å². The van der Waals surface area contributed by atoms with Crippen molar-refractivity contribution in [2.45, 2.75) is 77.4 Å². The van der Waals surface area contributed by atoms with Gasteiger partial charge in [-0.15, -0.1) is 0 Å². The Morgan fingerprint density at radius 3 is 2.80 bits per heavy atom. The molecule has 140 valence electrons. The van der Waals surface area contributed by atoms with Crippen molar-refractivity contribution in [1.82, 2.24) is 25.7 Å². The second-order valence-corrected chi connectivity index (χ2v) is 7.20. The Morgan fingerprint density at radius 2 is 2.08 bits per heavy atom. The largest absolute Gasteiger partial charge is 0.357 e. The summed E-state index contributed by atoms with van der Waals surface area (Å²) in [6, 6.07) is 1.25. The predicted molar refractivity (Wildman–Crippen MR) is 98.5 cm³/mol. The standard InChI is InChI=1S/C18H32N6O/c1-3-19-18(20-12-17-21-14(2)25-23-17)22-15-8-7-11-24(13-15)16-9-5-4-6-10-16/h15-16H,3-13H2,1-2H3,(H2,19,20,22). The van der Waals surface area contributed by atoms with E-state index in [0.717, 1.165) is 25.1 Å². The lowest BCUT2D eigenvalue weighted by molar-refractivity contribution is 0.115. The third-order valence-corrected chi connectivity index (χ3v) is 5.18. The van der Waals surface area contributed by atoms with Crippen LogP contribution in [0.4, 0.5) is 0 Å². The molecule has 0 radical (unpaired) electrons. The van der Waals surface area contributed by atoms with Crippen molar-refractivity contribution < 1.29 is 4.52 Å². The second kappa shape index (κ2) is 9.17. The maximum atomic E-state index is 5.01. The molecule has 1 atom stereocenters. The number of likely N-dealkylation sites (tertiary alicyclic amines) is 1. The third-order valence-electron chi connectivity index (χ3n) is 5.18. The maximum Gasteiger partial charge on any atom is 0.223 e. The Hall–Kier alpha value is -1.63. The van der Waals surface area contributed by atoms with Gasteiger partial charge < -0.3 is 15.2 Å². The van der Waals surface area contributed by atoms with E-state index in [4.69, 9.17) is 4.52 Å². The first-order chi connectivity index (χ1) is 12.2. The topological polar surface area (TPSA) is 78.6 Å². The van der Waals surface area contributed by atoms with Crippen LogP contribution in [0, 0.1) is 6.92 Å². The van der Waals surface area contributed by atoms with Crippen LogP contribution in [-0.2, 0) is 6.54 Å². The van der Waals surface area contributed by atoms with Gasteiger partial charge in [-0.1, -0.05) is 24.4 Å². The molecule has 1 unspecified atom stereocenters. The average Bonchev–Trinajstić information content (AvgIpc) is 3.06. The summed E-state index contributed by atoms with van der Waals surface area (Å²) in [5, 5.41) is 10.9. The Balaban J connectivity index is 1.55. The molecule has 2 aliphatic rings. The van der Waals surface area contributed by atoms with Gasteiger partial charge in [0.1, 0.15) is 6.54 Å². The van der Waals surface area contributed by atoms with E-state index in [-0.39, 0.29) is 0 Å². The lowest BCUT2D eigenvalue weighted by Crippen LogP contribution is -2.53. The number of aromatic nitrogens is 2. The minimum atomic E-state index is 0.436. The van der Waals surface area contributed by atoms with E-state index in [1.165, 1.54) is 51.5 Å². The number of nitrogens with zero attached hydrogens (tertiary/aromatic N) is 4. The molecule has 1 aliphatic heterocycles. The summed E-state index contributed by atoms with van der Waals surface area (Å²) in [6.45, 7) is 7.54. The normalized spacial score (nSPS) is 23.6. The zero-order valence-corrected chi connectivity index (χ0v) is 15.6. The van der Waals surface area contributed by atoms with Gasteiger partial charge >= 0.3 is 0 Å². The van der Waals surface area contributed by atoms with E-state index in [0.29, 0.717) is 24.3 Å². The Morgan fingerprint density at radius 1 is 1.24 bits per heavy atom. The van der Waals surface area contributed by atoms with Gasteiger partial charge in [-0.3, -0.25) is 4.90 Å². The quantitative estimate of drug-likeness (QED) is 0.627. The summed E-state index contributed by atoms with van der Waals surface area (Å²) in [7, 11) is 0. The molecule has 1 aromatic heterocycles.